The smallest absolute Gasteiger partial charge is 0.298 e. The van der Waals surface area contributed by atoms with Crippen LogP contribution < -0.4 is 4.74 Å². The topological polar surface area (TPSA) is 63.6 Å². The molecule has 0 aliphatic rings. The van der Waals surface area contributed by atoms with Crippen LogP contribution in [-0.2, 0) is 16.5 Å². The van der Waals surface area contributed by atoms with Crippen molar-refractivity contribution in [3.8, 4) is 5.75 Å². The quantitative estimate of drug-likeness (QED) is 0.235. The first kappa shape index (κ1) is 24.7. The molecule has 0 heterocycles. The average Bonchev–Trinajstić information content (AvgIpc) is 2.73. The van der Waals surface area contributed by atoms with E-state index in [0.717, 1.165) is 35.6 Å². The number of fused-ring (bicyclic) bond motifs is 1. The molecule has 0 saturated carbocycles. The zero-order valence-corrected chi connectivity index (χ0v) is 19.5. The lowest BCUT2D eigenvalue weighted by atomic mass is 9.98. The van der Waals surface area contributed by atoms with Crippen molar-refractivity contribution in [2.75, 3.05) is 7.11 Å². The lowest BCUT2D eigenvalue weighted by Gasteiger charge is -2.14. The van der Waals surface area contributed by atoms with Crippen LogP contribution in [-0.4, -0.2) is 20.1 Å². The van der Waals surface area contributed by atoms with Crippen LogP contribution >= 0.6 is 0 Å². The van der Waals surface area contributed by atoms with Gasteiger partial charge in [-0.1, -0.05) is 102 Å². The molecule has 4 nitrogen and oxygen atoms in total. The summed E-state index contributed by atoms with van der Waals surface area (Å²) in [6.07, 6.45) is 16.3. The largest absolute Gasteiger partial charge is 0.495 e. The molecule has 0 atom stereocenters. The monoisotopic (exact) mass is 434 g/mol. The standard InChI is InChI=1S/C25H38O4S/c1-3-4-5-6-7-8-9-10-11-12-13-14-17-21-20-24(30(26,27)28)25(29-2)23-19-16-15-18-22(21)23/h15-16,18-20H,3-14,17H2,1-2H3,(H,26,27,28). The summed E-state index contributed by atoms with van der Waals surface area (Å²) in [4.78, 5) is -0.141. The van der Waals surface area contributed by atoms with Gasteiger partial charge in [-0.05, 0) is 29.9 Å². The second kappa shape index (κ2) is 13.0. The Morgan fingerprint density at radius 1 is 0.800 bits per heavy atom. The molecular formula is C25H38O4S. The molecule has 0 fully saturated rings. The van der Waals surface area contributed by atoms with E-state index in [0.29, 0.717) is 0 Å². The highest BCUT2D eigenvalue weighted by molar-refractivity contribution is 7.86. The van der Waals surface area contributed by atoms with Crippen LogP contribution in [0.2, 0.25) is 0 Å². The predicted molar refractivity (Wildman–Crippen MR) is 125 cm³/mol. The Balaban J connectivity index is 1.83. The molecule has 2 rings (SSSR count). The van der Waals surface area contributed by atoms with Crippen LogP contribution in [0, 0.1) is 0 Å². The second-order valence-corrected chi connectivity index (χ2v) is 9.62. The summed E-state index contributed by atoms with van der Waals surface area (Å²) in [6, 6.07) is 9.21. The van der Waals surface area contributed by atoms with Gasteiger partial charge in [0, 0.05) is 5.39 Å². The molecule has 0 unspecified atom stereocenters. The number of hydrogen-bond donors (Lipinski definition) is 1. The van der Waals surface area contributed by atoms with Gasteiger partial charge in [0.05, 0.1) is 7.11 Å². The molecule has 2 aromatic rings. The van der Waals surface area contributed by atoms with Gasteiger partial charge in [0.2, 0.25) is 0 Å². The molecule has 0 aromatic heterocycles. The van der Waals surface area contributed by atoms with Gasteiger partial charge in [-0.15, -0.1) is 0 Å². The van der Waals surface area contributed by atoms with Gasteiger partial charge >= 0.3 is 0 Å². The Labute approximate surface area is 182 Å². The molecule has 0 radical (unpaired) electrons. The van der Waals surface area contributed by atoms with E-state index in [1.165, 1.54) is 71.3 Å². The van der Waals surface area contributed by atoms with Crippen molar-refractivity contribution in [2.24, 2.45) is 0 Å². The van der Waals surface area contributed by atoms with Crippen molar-refractivity contribution >= 4 is 20.9 Å². The molecule has 30 heavy (non-hydrogen) atoms. The molecular weight excluding hydrogens is 396 g/mol. The third kappa shape index (κ3) is 7.59. The van der Waals surface area contributed by atoms with Gasteiger partial charge in [-0.25, -0.2) is 0 Å². The third-order valence-corrected chi connectivity index (χ3v) is 6.69. The van der Waals surface area contributed by atoms with Crippen molar-refractivity contribution in [3.05, 3.63) is 35.9 Å². The van der Waals surface area contributed by atoms with Crippen LogP contribution in [0.1, 0.15) is 89.5 Å². The van der Waals surface area contributed by atoms with E-state index in [9.17, 15) is 13.0 Å². The molecule has 168 valence electrons. The number of rotatable bonds is 15. The molecule has 0 aliphatic carbocycles. The minimum Gasteiger partial charge on any atom is -0.495 e. The van der Waals surface area contributed by atoms with E-state index >= 15 is 0 Å². The maximum Gasteiger partial charge on any atom is 0.298 e. The summed E-state index contributed by atoms with van der Waals surface area (Å²) >= 11 is 0. The maximum absolute atomic E-state index is 11.9. The zero-order valence-electron chi connectivity index (χ0n) is 18.7. The van der Waals surface area contributed by atoms with Gasteiger partial charge < -0.3 is 4.74 Å². The van der Waals surface area contributed by atoms with Crippen molar-refractivity contribution < 1.29 is 17.7 Å². The highest BCUT2D eigenvalue weighted by Crippen LogP contribution is 2.36. The van der Waals surface area contributed by atoms with E-state index < -0.39 is 10.1 Å². The van der Waals surface area contributed by atoms with Crippen molar-refractivity contribution in [1.82, 2.24) is 0 Å². The molecule has 1 N–H and O–H groups in total. The SMILES string of the molecule is CCCCCCCCCCCCCCc1cc(S(=O)(=O)O)c(OC)c2ccccc12. The Morgan fingerprint density at radius 3 is 1.80 bits per heavy atom. The Hall–Kier alpha value is -1.59. The van der Waals surface area contributed by atoms with Gasteiger partial charge in [0.1, 0.15) is 10.6 Å². The van der Waals surface area contributed by atoms with E-state index in [1.54, 1.807) is 6.07 Å². The second-order valence-electron chi connectivity index (χ2n) is 8.23. The van der Waals surface area contributed by atoms with Crippen LogP contribution in [0.15, 0.2) is 35.2 Å². The number of aryl methyl sites for hydroxylation is 1. The van der Waals surface area contributed by atoms with Crippen molar-refractivity contribution in [3.63, 3.8) is 0 Å². The minimum absolute atomic E-state index is 0.141. The fourth-order valence-electron chi connectivity index (χ4n) is 4.16. The maximum atomic E-state index is 11.9. The van der Waals surface area contributed by atoms with Crippen LogP contribution in [0.3, 0.4) is 0 Å². The molecule has 0 amide bonds. The predicted octanol–water partition coefficient (Wildman–Crippen LogP) is 7.34. The Kier molecular flexibility index (Phi) is 10.7. The summed E-state index contributed by atoms with van der Waals surface area (Å²) in [7, 11) is -2.91. The highest BCUT2D eigenvalue weighted by Gasteiger charge is 2.21. The van der Waals surface area contributed by atoms with Gasteiger partial charge in [0.15, 0.2) is 0 Å². The van der Waals surface area contributed by atoms with E-state index in [-0.39, 0.29) is 10.6 Å². The van der Waals surface area contributed by atoms with E-state index in [1.807, 2.05) is 24.3 Å². The Bertz CT molecular complexity index is 874. The lowest BCUT2D eigenvalue weighted by Crippen LogP contribution is -2.04. The number of methoxy groups -OCH3 is 1. The van der Waals surface area contributed by atoms with E-state index in [4.69, 9.17) is 4.74 Å². The number of benzene rings is 2. The van der Waals surface area contributed by atoms with Crippen molar-refractivity contribution in [1.29, 1.82) is 0 Å². The first-order valence-electron chi connectivity index (χ1n) is 11.5. The molecule has 0 bridgehead atoms. The number of hydrogen-bond acceptors (Lipinski definition) is 3. The third-order valence-electron chi connectivity index (χ3n) is 5.83. The molecule has 0 spiro atoms. The number of unbranched alkanes of at least 4 members (excludes halogenated alkanes) is 11. The summed E-state index contributed by atoms with van der Waals surface area (Å²) < 4.78 is 38.7. The number of ether oxygens (including phenoxy) is 1. The van der Waals surface area contributed by atoms with Gasteiger partial charge in [-0.3, -0.25) is 4.55 Å². The van der Waals surface area contributed by atoms with Crippen LogP contribution in [0.5, 0.6) is 5.75 Å². The highest BCUT2D eigenvalue weighted by atomic mass is 32.2. The summed E-state index contributed by atoms with van der Waals surface area (Å²) in [5, 5.41) is 1.72. The van der Waals surface area contributed by atoms with Gasteiger partial charge in [0.25, 0.3) is 10.1 Å². The summed E-state index contributed by atoms with van der Waals surface area (Å²) in [5.74, 6) is 0.214. The first-order valence-corrected chi connectivity index (χ1v) is 13.0. The summed E-state index contributed by atoms with van der Waals surface area (Å²) in [6.45, 7) is 2.25. The van der Waals surface area contributed by atoms with Crippen molar-refractivity contribution in [2.45, 2.75) is 95.3 Å². The summed E-state index contributed by atoms with van der Waals surface area (Å²) in [5.41, 5.74) is 0.950. The molecule has 5 heteroatoms. The van der Waals surface area contributed by atoms with Crippen LogP contribution in [0.25, 0.3) is 10.8 Å². The van der Waals surface area contributed by atoms with Gasteiger partial charge in [-0.2, -0.15) is 8.42 Å². The fraction of sp³-hybridized carbons (Fsp3) is 0.600. The normalized spacial score (nSPS) is 11.8. The minimum atomic E-state index is -4.34. The fourth-order valence-corrected chi connectivity index (χ4v) is 4.88. The molecule has 0 saturated heterocycles. The Morgan fingerprint density at radius 2 is 1.30 bits per heavy atom. The first-order chi connectivity index (χ1) is 14.5. The zero-order chi connectivity index (χ0) is 21.8. The molecule has 0 aliphatic heterocycles. The molecule has 2 aromatic carbocycles. The average molecular weight is 435 g/mol. The van der Waals surface area contributed by atoms with Crippen LogP contribution in [0.4, 0.5) is 0 Å². The lowest BCUT2D eigenvalue weighted by molar-refractivity contribution is 0.402. The van der Waals surface area contributed by atoms with E-state index in [2.05, 4.69) is 6.92 Å².